The van der Waals surface area contributed by atoms with Gasteiger partial charge in [0.2, 0.25) is 0 Å². The van der Waals surface area contributed by atoms with Crippen LogP contribution in [0.25, 0.3) is 27.6 Å². The minimum Gasteiger partial charge on any atom is -0.457 e. The monoisotopic (exact) mass is 836 g/mol. The van der Waals surface area contributed by atoms with Crippen molar-refractivity contribution in [3.05, 3.63) is 139 Å². The van der Waals surface area contributed by atoms with Gasteiger partial charge < -0.3 is 28.3 Å². The fourth-order valence-electron chi connectivity index (χ4n) is 8.80. The van der Waals surface area contributed by atoms with Gasteiger partial charge in [-0.05, 0) is 87.2 Å². The number of pyridine rings is 1. The summed E-state index contributed by atoms with van der Waals surface area (Å²) in [5.41, 5.74) is 9.70. The number of hydrogen-bond donors (Lipinski definition) is 0. The molecule has 320 valence electrons. The van der Waals surface area contributed by atoms with E-state index in [4.69, 9.17) is 23.4 Å². The molecule has 8 nitrogen and oxygen atoms in total. The number of benzene rings is 5. The lowest BCUT2D eigenvalue weighted by atomic mass is 9.50. The molecule has 0 spiro atoms. The summed E-state index contributed by atoms with van der Waals surface area (Å²) < 4.78 is 29.1. The van der Waals surface area contributed by atoms with E-state index in [2.05, 4.69) is 213 Å². The van der Waals surface area contributed by atoms with Gasteiger partial charge in [0, 0.05) is 45.9 Å². The van der Waals surface area contributed by atoms with Crippen LogP contribution in [0.2, 0.25) is 10.6 Å². The highest BCUT2D eigenvalue weighted by Crippen LogP contribution is 2.48. The Morgan fingerprint density at radius 1 is 0.556 bits per heavy atom. The van der Waals surface area contributed by atoms with Crippen molar-refractivity contribution in [2.45, 2.75) is 105 Å². The third kappa shape index (κ3) is 8.16. The normalized spacial score (nSPS) is 15.2. The first-order valence-electron chi connectivity index (χ1n) is 22.3. The van der Waals surface area contributed by atoms with Crippen molar-refractivity contribution in [2.24, 2.45) is 0 Å². The van der Waals surface area contributed by atoms with E-state index in [1.54, 1.807) is 0 Å². The van der Waals surface area contributed by atoms with Gasteiger partial charge in [0.25, 0.3) is 0 Å². The lowest BCUT2D eigenvalue weighted by Crippen LogP contribution is -2.59. The fourth-order valence-corrected chi connectivity index (χ4v) is 8.80. The number of hydrogen-bond acceptors (Lipinski definition) is 7. The fraction of sp³-hybridized carbons (Fsp3) is 0.327. The van der Waals surface area contributed by atoms with Gasteiger partial charge in [0.15, 0.2) is 0 Å². The minimum atomic E-state index is -0.642. The zero-order valence-electron chi connectivity index (χ0n) is 39.0. The van der Waals surface area contributed by atoms with E-state index in [0.29, 0.717) is 6.67 Å². The lowest BCUT2D eigenvalue weighted by Gasteiger charge is -2.42. The molecule has 1 fully saturated rings. The van der Waals surface area contributed by atoms with E-state index in [1.807, 2.05) is 12.3 Å². The van der Waals surface area contributed by atoms with Crippen LogP contribution in [-0.4, -0.2) is 37.6 Å². The van der Waals surface area contributed by atoms with Crippen molar-refractivity contribution >= 4 is 71.4 Å². The Kier molecular flexibility index (Phi) is 10.6. The first-order valence-corrected chi connectivity index (χ1v) is 22.3. The van der Waals surface area contributed by atoms with Gasteiger partial charge >= 0.3 is 21.4 Å². The molecule has 0 saturated carbocycles. The molecule has 0 amide bonds. The predicted octanol–water partition coefficient (Wildman–Crippen LogP) is 13.1. The van der Waals surface area contributed by atoms with Crippen LogP contribution in [0.3, 0.4) is 0 Å². The SMILES string of the molecule is CC(C)(C)B1OB(c2cccc(C(C)(C)C)c2N2CN(c3cccc(Oc4ccc5c6ccccc6n(-c6cc(C(C)(C)C)ccn6)c5c4)c3)c3ccccc32)OB(C(C)(C)C)O1. The van der Waals surface area contributed by atoms with Gasteiger partial charge in [0.1, 0.15) is 24.0 Å². The molecule has 0 bridgehead atoms. The molecule has 11 heteroatoms. The van der Waals surface area contributed by atoms with Crippen LogP contribution in [0.4, 0.5) is 22.7 Å². The summed E-state index contributed by atoms with van der Waals surface area (Å²) in [6, 6.07) is 42.8. The topological polar surface area (TPSA) is 61.2 Å². The Morgan fingerprint density at radius 3 is 1.87 bits per heavy atom. The molecule has 0 N–H and O–H groups in total. The largest absolute Gasteiger partial charge is 0.468 e. The third-order valence-corrected chi connectivity index (χ3v) is 12.2. The number of aromatic nitrogens is 2. The van der Waals surface area contributed by atoms with Crippen LogP contribution < -0.4 is 20.0 Å². The molecule has 0 atom stereocenters. The van der Waals surface area contributed by atoms with Crippen molar-refractivity contribution in [1.82, 2.24) is 9.55 Å². The van der Waals surface area contributed by atoms with Gasteiger partial charge in [-0.1, -0.05) is 138 Å². The first kappa shape index (κ1) is 42.8. The van der Waals surface area contributed by atoms with E-state index >= 15 is 0 Å². The molecule has 7 aromatic rings. The zero-order chi connectivity index (χ0) is 44.6. The molecule has 9 rings (SSSR count). The number of ether oxygens (including phenoxy) is 1. The van der Waals surface area contributed by atoms with Crippen LogP contribution in [0, 0.1) is 0 Å². The van der Waals surface area contributed by atoms with Crippen LogP contribution in [0.1, 0.15) is 94.2 Å². The molecule has 1 saturated heterocycles. The number of para-hydroxylation sites is 4. The Morgan fingerprint density at radius 2 is 1.19 bits per heavy atom. The average Bonchev–Trinajstić information content (AvgIpc) is 3.78. The number of anilines is 4. The molecule has 0 unspecified atom stereocenters. The second kappa shape index (κ2) is 15.6. The van der Waals surface area contributed by atoms with Gasteiger partial charge in [-0.15, -0.1) is 0 Å². The molecular formula is C52H59B3N4O4. The second-order valence-corrected chi connectivity index (χ2v) is 21.4. The van der Waals surface area contributed by atoms with E-state index in [9.17, 15) is 0 Å². The summed E-state index contributed by atoms with van der Waals surface area (Å²) in [5.74, 6) is 2.39. The lowest BCUT2D eigenvalue weighted by molar-refractivity contribution is 0.250. The Balaban J connectivity index is 1.09. The maximum absolute atomic E-state index is 6.79. The quantitative estimate of drug-likeness (QED) is 0.155. The average molecular weight is 837 g/mol. The van der Waals surface area contributed by atoms with E-state index in [-0.39, 0.29) is 21.5 Å². The maximum Gasteiger partial charge on any atom is 0.468 e. The maximum atomic E-state index is 6.79. The molecule has 2 aromatic heterocycles. The third-order valence-electron chi connectivity index (χ3n) is 12.2. The smallest absolute Gasteiger partial charge is 0.457 e. The van der Waals surface area contributed by atoms with Crippen molar-refractivity contribution in [3.8, 4) is 17.3 Å². The Bertz CT molecular complexity index is 2810. The number of rotatable bonds is 6. The van der Waals surface area contributed by atoms with Gasteiger partial charge in [0.05, 0.1) is 22.4 Å². The molecule has 5 aromatic carbocycles. The first-order chi connectivity index (χ1) is 29.8. The standard InChI is InChI=1S/C52H59B3N4O4/c1-49(2,3)35-29-30-56-47(31-35)59-43-24-14-13-21-39(43)40-28-27-38(33-46(40)59)60-37-20-17-19-36(32-37)57-34-58(45-26-16-15-25-44(45)57)48-41(50(4,5)6)22-18-23-42(48)53-61-54(51(7,8)9)63-55(62-53)52(10,11)12/h13-33H,34H2,1-12H3. The highest BCUT2D eigenvalue weighted by molar-refractivity contribution is 6.81. The van der Waals surface area contributed by atoms with Gasteiger partial charge in [-0.3, -0.25) is 4.57 Å². The predicted molar refractivity (Wildman–Crippen MR) is 264 cm³/mol. The van der Waals surface area contributed by atoms with Crippen LogP contribution >= 0.6 is 0 Å². The molecule has 0 aliphatic carbocycles. The molecule has 4 heterocycles. The van der Waals surface area contributed by atoms with Gasteiger partial charge in [-0.25, -0.2) is 4.98 Å². The van der Waals surface area contributed by atoms with E-state index in [0.717, 1.165) is 61.9 Å². The van der Waals surface area contributed by atoms with Crippen LogP contribution in [-0.2, 0) is 24.5 Å². The van der Waals surface area contributed by atoms with E-state index in [1.165, 1.54) is 16.5 Å². The molecule has 0 radical (unpaired) electrons. The molecule has 2 aliphatic heterocycles. The number of fused-ring (bicyclic) bond motifs is 4. The zero-order valence-corrected chi connectivity index (χ0v) is 39.0. The van der Waals surface area contributed by atoms with E-state index < -0.39 is 21.4 Å². The van der Waals surface area contributed by atoms with Crippen LogP contribution in [0.15, 0.2) is 128 Å². The summed E-state index contributed by atoms with van der Waals surface area (Å²) in [6.45, 7) is 27.0. The Hall–Kier alpha value is -5.48. The Labute approximate surface area is 375 Å². The van der Waals surface area contributed by atoms with Crippen molar-refractivity contribution in [1.29, 1.82) is 0 Å². The summed E-state index contributed by atoms with van der Waals surface area (Å²) in [5, 5.41) is 1.79. The molecule has 2 aliphatic rings. The number of nitrogens with zero attached hydrogens (tertiary/aromatic N) is 4. The highest BCUT2D eigenvalue weighted by Gasteiger charge is 2.52. The van der Waals surface area contributed by atoms with Gasteiger partial charge in [-0.2, -0.15) is 0 Å². The highest BCUT2D eigenvalue weighted by atomic mass is 16.7. The summed E-state index contributed by atoms with van der Waals surface area (Å²) >= 11 is 0. The summed E-state index contributed by atoms with van der Waals surface area (Å²) in [7, 11) is -1.56. The second-order valence-electron chi connectivity index (χ2n) is 21.4. The van der Waals surface area contributed by atoms with Crippen molar-refractivity contribution in [3.63, 3.8) is 0 Å². The van der Waals surface area contributed by atoms with Crippen molar-refractivity contribution in [2.75, 3.05) is 16.5 Å². The summed E-state index contributed by atoms with van der Waals surface area (Å²) in [6.07, 6.45) is 1.92. The summed E-state index contributed by atoms with van der Waals surface area (Å²) in [4.78, 5) is 9.67. The molecular weight excluding hydrogens is 777 g/mol. The van der Waals surface area contributed by atoms with Crippen molar-refractivity contribution < 1.29 is 18.5 Å². The van der Waals surface area contributed by atoms with Crippen LogP contribution in [0.5, 0.6) is 11.5 Å². The molecule has 63 heavy (non-hydrogen) atoms. The minimum absolute atomic E-state index is 0.0139.